The van der Waals surface area contributed by atoms with Crippen LogP contribution >= 0.6 is 11.3 Å². The van der Waals surface area contributed by atoms with Gasteiger partial charge in [-0.1, -0.05) is 5.16 Å². The quantitative estimate of drug-likeness (QED) is 0.525. The first kappa shape index (κ1) is 20.7. The van der Waals surface area contributed by atoms with E-state index in [4.69, 9.17) is 18.7 Å². The molecule has 8 heteroatoms. The van der Waals surface area contributed by atoms with E-state index in [-0.39, 0.29) is 6.10 Å². The summed E-state index contributed by atoms with van der Waals surface area (Å²) in [7, 11) is 0. The van der Waals surface area contributed by atoms with Crippen LogP contribution in [0.25, 0.3) is 22.2 Å². The average Bonchev–Trinajstić information content (AvgIpc) is 3.39. The lowest BCUT2D eigenvalue weighted by molar-refractivity contribution is -0.141. The zero-order valence-corrected chi connectivity index (χ0v) is 18.5. The number of hydrogen-bond acceptors (Lipinski definition) is 8. The smallest absolute Gasteiger partial charge is 0.268 e. The number of rotatable bonds is 6. The number of benzene rings is 1. The Kier molecular flexibility index (Phi) is 5.48. The van der Waals surface area contributed by atoms with Crippen molar-refractivity contribution in [1.82, 2.24) is 10.1 Å². The molecule has 2 aromatic heterocycles. The molecule has 1 aromatic carbocycles. The van der Waals surface area contributed by atoms with Gasteiger partial charge in [-0.3, -0.25) is 4.79 Å². The number of thiophene rings is 1. The number of aryl methyl sites for hydroxylation is 3. The van der Waals surface area contributed by atoms with E-state index in [1.807, 2.05) is 52.8 Å². The molecule has 158 valence electrons. The maximum atomic E-state index is 11.1. The van der Waals surface area contributed by atoms with Crippen molar-refractivity contribution in [3.8, 4) is 27.9 Å². The highest BCUT2D eigenvalue weighted by Crippen LogP contribution is 2.33. The lowest BCUT2D eigenvalue weighted by atomic mass is 10.1. The Bertz CT molecular complexity index is 1060. The summed E-state index contributed by atoms with van der Waals surface area (Å²) in [5.74, 6) is 1.16. The SMILES string of the molecule is Cc1cc(-c2nc(-c3cc(C)c(OCC4COC(C)(C)O4)c(C)c3)no2)sc1C=O. The van der Waals surface area contributed by atoms with E-state index in [0.29, 0.717) is 29.8 Å². The topological polar surface area (TPSA) is 83.7 Å². The number of aldehydes is 1. The molecule has 0 N–H and O–H groups in total. The van der Waals surface area contributed by atoms with Crippen LogP contribution < -0.4 is 4.74 Å². The fraction of sp³-hybridized carbons (Fsp3) is 0.409. The Labute approximate surface area is 179 Å². The Hall–Kier alpha value is -2.55. The predicted octanol–water partition coefficient (Wildman–Crippen LogP) is 4.73. The monoisotopic (exact) mass is 428 g/mol. The Morgan fingerprint density at radius 3 is 2.53 bits per heavy atom. The molecule has 0 amide bonds. The molecule has 1 saturated heterocycles. The van der Waals surface area contributed by atoms with E-state index >= 15 is 0 Å². The second-order valence-corrected chi connectivity index (χ2v) is 8.98. The summed E-state index contributed by atoms with van der Waals surface area (Å²) in [6, 6.07) is 5.84. The summed E-state index contributed by atoms with van der Waals surface area (Å²) in [4.78, 5) is 17.1. The van der Waals surface area contributed by atoms with Crippen molar-refractivity contribution in [3.05, 3.63) is 39.8 Å². The van der Waals surface area contributed by atoms with Gasteiger partial charge in [0.15, 0.2) is 12.1 Å². The molecule has 1 unspecified atom stereocenters. The molecule has 1 fully saturated rings. The molecule has 30 heavy (non-hydrogen) atoms. The lowest BCUT2D eigenvalue weighted by Crippen LogP contribution is -2.25. The predicted molar refractivity (Wildman–Crippen MR) is 113 cm³/mol. The van der Waals surface area contributed by atoms with Crippen LogP contribution in [0.15, 0.2) is 22.7 Å². The fourth-order valence-corrected chi connectivity index (χ4v) is 4.40. The van der Waals surface area contributed by atoms with Crippen LogP contribution in [0.3, 0.4) is 0 Å². The lowest BCUT2D eigenvalue weighted by Gasteiger charge is -2.18. The molecule has 0 bridgehead atoms. The third kappa shape index (κ3) is 4.16. The summed E-state index contributed by atoms with van der Waals surface area (Å²) < 4.78 is 22.9. The van der Waals surface area contributed by atoms with Gasteiger partial charge in [0.25, 0.3) is 5.89 Å². The average molecular weight is 429 g/mol. The maximum Gasteiger partial charge on any atom is 0.268 e. The molecular formula is C22H24N2O5S. The Morgan fingerprint density at radius 2 is 1.93 bits per heavy atom. The van der Waals surface area contributed by atoms with Crippen molar-refractivity contribution in [3.63, 3.8) is 0 Å². The zero-order chi connectivity index (χ0) is 21.5. The summed E-state index contributed by atoms with van der Waals surface area (Å²) in [6.07, 6.45) is 0.749. The highest BCUT2D eigenvalue weighted by Gasteiger charge is 2.33. The Balaban J connectivity index is 1.52. The maximum absolute atomic E-state index is 11.1. The molecule has 3 heterocycles. The number of carbonyl (C=O) groups is 1. The molecular weight excluding hydrogens is 404 g/mol. The molecule has 1 aliphatic rings. The van der Waals surface area contributed by atoms with Gasteiger partial charge < -0.3 is 18.7 Å². The second kappa shape index (κ2) is 7.94. The normalized spacial score (nSPS) is 18.0. The molecule has 0 aliphatic carbocycles. The van der Waals surface area contributed by atoms with Crippen LogP contribution in [0.1, 0.15) is 40.2 Å². The molecule has 1 atom stereocenters. The van der Waals surface area contributed by atoms with Gasteiger partial charge >= 0.3 is 0 Å². The Morgan fingerprint density at radius 1 is 1.20 bits per heavy atom. The molecule has 7 nitrogen and oxygen atoms in total. The minimum atomic E-state index is -0.564. The van der Waals surface area contributed by atoms with Gasteiger partial charge in [-0.2, -0.15) is 4.98 Å². The largest absolute Gasteiger partial charge is 0.490 e. The van der Waals surface area contributed by atoms with E-state index in [2.05, 4.69) is 10.1 Å². The zero-order valence-electron chi connectivity index (χ0n) is 17.6. The van der Waals surface area contributed by atoms with Crippen LogP contribution in [0.5, 0.6) is 5.75 Å². The number of aromatic nitrogens is 2. The highest BCUT2D eigenvalue weighted by molar-refractivity contribution is 7.17. The van der Waals surface area contributed by atoms with Gasteiger partial charge in [0.2, 0.25) is 5.82 Å². The summed E-state index contributed by atoms with van der Waals surface area (Å²) in [5.41, 5.74) is 3.70. The molecule has 4 rings (SSSR count). The van der Waals surface area contributed by atoms with Crippen LogP contribution in [0.2, 0.25) is 0 Å². The van der Waals surface area contributed by atoms with Gasteiger partial charge in [-0.05, 0) is 69.5 Å². The van der Waals surface area contributed by atoms with Gasteiger partial charge in [-0.25, -0.2) is 0 Å². The van der Waals surface area contributed by atoms with Crippen LogP contribution in [0.4, 0.5) is 0 Å². The molecule has 1 aliphatic heterocycles. The summed E-state index contributed by atoms with van der Waals surface area (Å²) >= 11 is 1.34. The van der Waals surface area contributed by atoms with E-state index in [1.54, 1.807) is 0 Å². The van der Waals surface area contributed by atoms with Crippen molar-refractivity contribution in [2.75, 3.05) is 13.2 Å². The van der Waals surface area contributed by atoms with Crippen LogP contribution in [-0.4, -0.2) is 41.5 Å². The third-order valence-electron chi connectivity index (χ3n) is 4.90. The standard InChI is InChI=1S/C22H24N2O5S/c1-12-8-17(30-18(12)9-25)21-23-20(24-29-21)15-6-13(2)19(14(3)7-15)26-10-16-11-27-22(4,5)28-16/h6-9,16H,10-11H2,1-5H3. The van der Waals surface area contributed by atoms with Gasteiger partial charge in [-0.15, -0.1) is 11.3 Å². The summed E-state index contributed by atoms with van der Waals surface area (Å²) in [6.45, 7) is 10.6. The van der Waals surface area contributed by atoms with Crippen LogP contribution in [-0.2, 0) is 9.47 Å². The molecule has 0 spiro atoms. The van der Waals surface area contributed by atoms with Crippen molar-refractivity contribution in [2.45, 2.75) is 46.5 Å². The highest BCUT2D eigenvalue weighted by atomic mass is 32.1. The van der Waals surface area contributed by atoms with Crippen molar-refractivity contribution < 1.29 is 23.5 Å². The summed E-state index contributed by atoms with van der Waals surface area (Å²) in [5, 5.41) is 4.12. The van der Waals surface area contributed by atoms with E-state index in [9.17, 15) is 4.79 Å². The first-order valence-electron chi connectivity index (χ1n) is 9.71. The molecule has 3 aromatic rings. The van der Waals surface area contributed by atoms with E-state index in [1.165, 1.54) is 11.3 Å². The third-order valence-corrected chi connectivity index (χ3v) is 6.05. The van der Waals surface area contributed by atoms with E-state index in [0.717, 1.165) is 39.2 Å². The fourth-order valence-electron chi connectivity index (χ4n) is 3.49. The first-order chi connectivity index (χ1) is 14.3. The second-order valence-electron chi connectivity index (χ2n) is 7.90. The molecule has 0 saturated carbocycles. The van der Waals surface area contributed by atoms with E-state index < -0.39 is 5.79 Å². The first-order valence-corrected chi connectivity index (χ1v) is 10.5. The molecule has 0 radical (unpaired) electrons. The van der Waals surface area contributed by atoms with Gasteiger partial charge in [0, 0.05) is 5.56 Å². The minimum absolute atomic E-state index is 0.0937. The number of carbonyl (C=O) groups excluding carboxylic acids is 1. The van der Waals surface area contributed by atoms with Crippen molar-refractivity contribution >= 4 is 17.6 Å². The van der Waals surface area contributed by atoms with Crippen molar-refractivity contribution in [2.24, 2.45) is 0 Å². The van der Waals surface area contributed by atoms with Crippen LogP contribution in [0, 0.1) is 20.8 Å². The van der Waals surface area contributed by atoms with Crippen molar-refractivity contribution in [1.29, 1.82) is 0 Å². The van der Waals surface area contributed by atoms with Gasteiger partial charge in [0.05, 0.1) is 16.4 Å². The minimum Gasteiger partial charge on any atom is -0.490 e. The van der Waals surface area contributed by atoms with Gasteiger partial charge in [0.1, 0.15) is 18.5 Å². The number of ether oxygens (including phenoxy) is 3. The number of hydrogen-bond donors (Lipinski definition) is 0. The number of nitrogens with zero attached hydrogens (tertiary/aromatic N) is 2.